The van der Waals surface area contributed by atoms with Crippen LogP contribution in [0.1, 0.15) is 17.8 Å². The van der Waals surface area contributed by atoms with Gasteiger partial charge in [-0.05, 0) is 31.0 Å². The lowest BCUT2D eigenvalue weighted by atomic mass is 9.99. The second-order valence-electron chi connectivity index (χ2n) is 5.78. The molecule has 0 radical (unpaired) electrons. The maximum atomic E-state index is 4.39. The van der Waals surface area contributed by atoms with E-state index in [0.29, 0.717) is 0 Å². The van der Waals surface area contributed by atoms with Crippen molar-refractivity contribution < 1.29 is 0 Å². The Balaban J connectivity index is 1.54. The molecule has 0 unspecified atom stereocenters. The SMILES string of the molecule is CN(Cc1ccn(C)c1)C[C@@H]1CCc2nccn2C1. The molecule has 0 N–H and O–H groups in total. The molecule has 0 spiro atoms. The first-order valence-electron chi connectivity index (χ1n) is 7.00. The number of hydrogen-bond acceptors (Lipinski definition) is 2. The van der Waals surface area contributed by atoms with E-state index in [1.165, 1.54) is 17.8 Å². The van der Waals surface area contributed by atoms with E-state index in [1.54, 1.807) is 0 Å². The zero-order valence-corrected chi connectivity index (χ0v) is 11.8. The van der Waals surface area contributed by atoms with Crippen LogP contribution in [-0.2, 0) is 26.6 Å². The van der Waals surface area contributed by atoms with Gasteiger partial charge in [0.05, 0.1) is 0 Å². The van der Waals surface area contributed by atoms with E-state index in [1.807, 2.05) is 6.20 Å². The van der Waals surface area contributed by atoms with Crippen molar-refractivity contribution in [1.29, 1.82) is 0 Å². The van der Waals surface area contributed by atoms with Gasteiger partial charge in [-0.2, -0.15) is 0 Å². The van der Waals surface area contributed by atoms with Gasteiger partial charge in [0, 0.05) is 57.9 Å². The lowest BCUT2D eigenvalue weighted by Gasteiger charge is -2.28. The van der Waals surface area contributed by atoms with Crippen LogP contribution in [0.3, 0.4) is 0 Å². The number of hydrogen-bond donors (Lipinski definition) is 0. The normalized spacial score (nSPS) is 18.8. The number of fused-ring (bicyclic) bond motifs is 1. The van der Waals surface area contributed by atoms with Gasteiger partial charge in [0.2, 0.25) is 0 Å². The van der Waals surface area contributed by atoms with Crippen molar-refractivity contribution in [3.8, 4) is 0 Å². The summed E-state index contributed by atoms with van der Waals surface area (Å²) in [5.74, 6) is 2.00. The highest BCUT2D eigenvalue weighted by Crippen LogP contribution is 2.20. The molecule has 0 saturated carbocycles. The topological polar surface area (TPSA) is 26.0 Å². The fraction of sp³-hybridized carbons (Fsp3) is 0.533. The molecule has 4 heteroatoms. The average molecular weight is 258 g/mol. The number of rotatable bonds is 4. The maximum Gasteiger partial charge on any atom is 0.108 e. The highest BCUT2D eigenvalue weighted by atomic mass is 15.1. The minimum Gasteiger partial charge on any atom is -0.357 e. The van der Waals surface area contributed by atoms with Crippen LogP contribution in [0.4, 0.5) is 0 Å². The van der Waals surface area contributed by atoms with Gasteiger partial charge in [-0.25, -0.2) is 4.98 Å². The molecule has 1 aliphatic rings. The molecule has 0 bridgehead atoms. The smallest absolute Gasteiger partial charge is 0.108 e. The van der Waals surface area contributed by atoms with Gasteiger partial charge in [-0.1, -0.05) is 0 Å². The van der Waals surface area contributed by atoms with Crippen molar-refractivity contribution in [1.82, 2.24) is 19.0 Å². The zero-order chi connectivity index (χ0) is 13.2. The highest BCUT2D eigenvalue weighted by molar-refractivity contribution is 5.09. The van der Waals surface area contributed by atoms with Crippen LogP contribution >= 0.6 is 0 Å². The van der Waals surface area contributed by atoms with Gasteiger partial charge in [-0.3, -0.25) is 0 Å². The predicted octanol–water partition coefficient (Wildman–Crippen LogP) is 1.92. The Morgan fingerprint density at radius 1 is 1.42 bits per heavy atom. The largest absolute Gasteiger partial charge is 0.357 e. The van der Waals surface area contributed by atoms with Crippen LogP contribution < -0.4 is 0 Å². The maximum absolute atomic E-state index is 4.39. The molecular weight excluding hydrogens is 236 g/mol. The molecule has 19 heavy (non-hydrogen) atoms. The summed E-state index contributed by atoms with van der Waals surface area (Å²) in [7, 11) is 4.29. The van der Waals surface area contributed by atoms with Crippen LogP contribution in [0, 0.1) is 5.92 Å². The second kappa shape index (κ2) is 5.21. The van der Waals surface area contributed by atoms with Crippen molar-refractivity contribution in [3.63, 3.8) is 0 Å². The number of aryl methyl sites for hydroxylation is 2. The van der Waals surface area contributed by atoms with E-state index in [0.717, 1.165) is 32.0 Å². The van der Waals surface area contributed by atoms with Crippen molar-refractivity contribution in [2.75, 3.05) is 13.6 Å². The first-order chi connectivity index (χ1) is 9.20. The zero-order valence-electron chi connectivity index (χ0n) is 11.8. The molecule has 0 amide bonds. The third kappa shape index (κ3) is 2.89. The van der Waals surface area contributed by atoms with Gasteiger partial charge < -0.3 is 14.0 Å². The summed E-state index contributed by atoms with van der Waals surface area (Å²) in [5.41, 5.74) is 1.39. The van der Waals surface area contributed by atoms with Crippen molar-refractivity contribution >= 4 is 0 Å². The molecule has 3 rings (SSSR count). The third-order valence-electron chi connectivity index (χ3n) is 3.95. The number of nitrogens with zero attached hydrogens (tertiary/aromatic N) is 4. The monoisotopic (exact) mass is 258 g/mol. The van der Waals surface area contributed by atoms with E-state index >= 15 is 0 Å². The summed E-state index contributed by atoms with van der Waals surface area (Å²) in [4.78, 5) is 6.82. The molecule has 0 fully saturated rings. The molecule has 3 heterocycles. The lowest BCUT2D eigenvalue weighted by Crippen LogP contribution is -2.31. The summed E-state index contributed by atoms with van der Waals surface area (Å²) in [6.45, 7) is 3.31. The molecule has 1 atom stereocenters. The van der Waals surface area contributed by atoms with E-state index in [9.17, 15) is 0 Å². The molecule has 4 nitrogen and oxygen atoms in total. The summed E-state index contributed by atoms with van der Waals surface area (Å²) in [6, 6.07) is 2.20. The van der Waals surface area contributed by atoms with Crippen LogP contribution in [0.5, 0.6) is 0 Å². The Bertz CT molecular complexity index is 540. The summed E-state index contributed by atoms with van der Waals surface area (Å²) >= 11 is 0. The minimum absolute atomic E-state index is 0.746. The summed E-state index contributed by atoms with van der Waals surface area (Å²) < 4.78 is 4.42. The summed E-state index contributed by atoms with van der Waals surface area (Å²) in [6.07, 6.45) is 10.7. The Kier molecular flexibility index (Phi) is 3.42. The first-order valence-corrected chi connectivity index (χ1v) is 7.00. The van der Waals surface area contributed by atoms with E-state index in [2.05, 4.69) is 57.8 Å². The van der Waals surface area contributed by atoms with Crippen molar-refractivity contribution in [3.05, 3.63) is 42.2 Å². The molecule has 2 aromatic rings. The number of aromatic nitrogens is 3. The standard InChI is InChI=1S/C15H22N4/c1-17-7-5-14(9-17)11-18(2)10-13-3-4-15-16-6-8-19(15)12-13/h5-9,13H,3-4,10-12H2,1-2H3/t13-/m0/s1. The second-order valence-corrected chi connectivity index (χ2v) is 5.78. The molecule has 2 aromatic heterocycles. The fourth-order valence-corrected chi connectivity index (χ4v) is 3.06. The van der Waals surface area contributed by atoms with Crippen LogP contribution in [0.2, 0.25) is 0 Å². The Morgan fingerprint density at radius 2 is 2.32 bits per heavy atom. The third-order valence-corrected chi connectivity index (χ3v) is 3.95. The molecule has 0 aromatic carbocycles. The quantitative estimate of drug-likeness (QED) is 0.837. The lowest BCUT2D eigenvalue weighted by molar-refractivity contribution is 0.229. The average Bonchev–Trinajstić information content (AvgIpc) is 2.97. The summed E-state index contributed by atoms with van der Waals surface area (Å²) in [5, 5.41) is 0. The van der Waals surface area contributed by atoms with Crippen molar-refractivity contribution in [2.24, 2.45) is 13.0 Å². The van der Waals surface area contributed by atoms with E-state index < -0.39 is 0 Å². The molecule has 0 saturated heterocycles. The van der Waals surface area contributed by atoms with Crippen LogP contribution in [0.25, 0.3) is 0 Å². The van der Waals surface area contributed by atoms with Gasteiger partial charge in [0.1, 0.15) is 5.82 Å². The van der Waals surface area contributed by atoms with E-state index in [4.69, 9.17) is 0 Å². The van der Waals surface area contributed by atoms with Crippen molar-refractivity contribution in [2.45, 2.75) is 25.9 Å². The number of imidazole rings is 1. The van der Waals surface area contributed by atoms with Crippen LogP contribution in [-0.4, -0.2) is 32.6 Å². The molecular formula is C15H22N4. The highest BCUT2D eigenvalue weighted by Gasteiger charge is 2.20. The Morgan fingerprint density at radius 3 is 3.11 bits per heavy atom. The molecule has 1 aliphatic heterocycles. The first kappa shape index (κ1) is 12.5. The molecule has 0 aliphatic carbocycles. The van der Waals surface area contributed by atoms with Gasteiger partial charge in [0.15, 0.2) is 0 Å². The van der Waals surface area contributed by atoms with E-state index in [-0.39, 0.29) is 0 Å². The van der Waals surface area contributed by atoms with Gasteiger partial charge in [-0.15, -0.1) is 0 Å². The van der Waals surface area contributed by atoms with Gasteiger partial charge >= 0.3 is 0 Å². The molecule has 102 valence electrons. The fourth-order valence-electron chi connectivity index (χ4n) is 3.06. The Labute approximate surface area is 114 Å². The predicted molar refractivity (Wildman–Crippen MR) is 75.8 cm³/mol. The minimum atomic E-state index is 0.746. The Hall–Kier alpha value is -1.55. The van der Waals surface area contributed by atoms with Crippen LogP contribution in [0.15, 0.2) is 30.9 Å². The van der Waals surface area contributed by atoms with Gasteiger partial charge in [0.25, 0.3) is 0 Å².